The number of hydrogen-bond donors (Lipinski definition) is 1. The maximum absolute atomic E-state index is 9.67. The number of anilines is 1. The van der Waals surface area contributed by atoms with Gasteiger partial charge in [0.2, 0.25) is 0 Å². The molecule has 28 heavy (non-hydrogen) atoms. The van der Waals surface area contributed by atoms with E-state index in [2.05, 4.69) is 17.9 Å². The van der Waals surface area contributed by atoms with Gasteiger partial charge in [-0.3, -0.25) is 0 Å². The van der Waals surface area contributed by atoms with Crippen molar-refractivity contribution in [2.24, 2.45) is 0 Å². The van der Waals surface area contributed by atoms with Gasteiger partial charge >= 0.3 is 0 Å². The normalized spacial score (nSPS) is 14.7. The largest absolute Gasteiger partial charge is 0.480 e. The fourth-order valence-electron chi connectivity index (χ4n) is 3.35. The number of aliphatic hydroxyl groups is 1. The Hall–Kier alpha value is -3.27. The van der Waals surface area contributed by atoms with Crippen LogP contribution in [0.25, 0.3) is 5.57 Å². The molecule has 0 aromatic heterocycles. The van der Waals surface area contributed by atoms with Gasteiger partial charge in [-0.15, -0.1) is 0 Å². The van der Waals surface area contributed by atoms with Crippen LogP contribution in [0.3, 0.4) is 0 Å². The molecular formula is C22H24N4O2. The van der Waals surface area contributed by atoms with Crippen molar-refractivity contribution in [3.05, 3.63) is 46.7 Å². The lowest BCUT2D eigenvalue weighted by atomic mass is 9.89. The fourth-order valence-corrected chi connectivity index (χ4v) is 3.35. The van der Waals surface area contributed by atoms with Crippen LogP contribution in [0.2, 0.25) is 0 Å². The average molecular weight is 376 g/mol. The minimum atomic E-state index is -0.839. The molecule has 0 aliphatic carbocycles. The Morgan fingerprint density at radius 1 is 1.11 bits per heavy atom. The van der Waals surface area contributed by atoms with Crippen LogP contribution in [0.1, 0.15) is 39.2 Å². The highest BCUT2D eigenvalue weighted by molar-refractivity contribution is 5.84. The Morgan fingerprint density at radius 2 is 1.75 bits per heavy atom. The molecule has 0 amide bonds. The molecule has 6 nitrogen and oxygen atoms in total. The number of allylic oxidation sites excluding steroid dienone is 2. The van der Waals surface area contributed by atoms with Crippen LogP contribution in [-0.2, 0) is 4.74 Å². The summed E-state index contributed by atoms with van der Waals surface area (Å²) in [5.41, 5.74) is 1.62. The number of nitrogens with zero attached hydrogens (tertiary/aromatic N) is 4. The van der Waals surface area contributed by atoms with Gasteiger partial charge < -0.3 is 14.7 Å². The first-order valence-electron chi connectivity index (χ1n) is 9.28. The molecule has 2 rings (SSSR count). The molecule has 0 saturated heterocycles. The maximum Gasteiger partial charge on any atom is 0.172 e. The van der Waals surface area contributed by atoms with Crippen molar-refractivity contribution in [3.63, 3.8) is 0 Å². The molecule has 0 saturated carbocycles. The second-order valence-corrected chi connectivity index (χ2v) is 7.01. The number of benzene rings is 1. The summed E-state index contributed by atoms with van der Waals surface area (Å²) < 4.78 is 5.83. The lowest BCUT2D eigenvalue weighted by molar-refractivity contribution is 0.109. The Labute approximate surface area is 166 Å². The number of nitriles is 3. The predicted octanol–water partition coefficient (Wildman–Crippen LogP) is 3.67. The van der Waals surface area contributed by atoms with Gasteiger partial charge in [0, 0.05) is 24.4 Å². The molecule has 0 atom stereocenters. The molecule has 1 N–H and O–H groups in total. The zero-order valence-electron chi connectivity index (χ0n) is 16.5. The first-order chi connectivity index (χ1) is 13.4. The van der Waals surface area contributed by atoms with E-state index >= 15 is 0 Å². The number of aliphatic hydroxyl groups excluding tert-OH is 1. The molecule has 1 aliphatic rings. The van der Waals surface area contributed by atoms with Crippen molar-refractivity contribution in [1.82, 2.24) is 0 Å². The molecule has 6 heteroatoms. The van der Waals surface area contributed by atoms with Gasteiger partial charge in [-0.2, -0.15) is 15.8 Å². The second-order valence-electron chi connectivity index (χ2n) is 7.01. The van der Waals surface area contributed by atoms with Crippen molar-refractivity contribution in [1.29, 1.82) is 15.8 Å². The zero-order chi connectivity index (χ0) is 20.7. The molecule has 1 aromatic carbocycles. The van der Waals surface area contributed by atoms with Crippen molar-refractivity contribution >= 4 is 11.3 Å². The highest BCUT2D eigenvalue weighted by Crippen LogP contribution is 2.45. The van der Waals surface area contributed by atoms with Crippen LogP contribution in [0.5, 0.6) is 0 Å². The average Bonchev–Trinajstić information content (AvgIpc) is 2.96. The lowest BCUT2D eigenvalue weighted by Crippen LogP contribution is -2.27. The number of rotatable bonds is 7. The predicted molar refractivity (Wildman–Crippen MR) is 107 cm³/mol. The summed E-state index contributed by atoms with van der Waals surface area (Å²) in [5.74, 6) is 0.0430. The summed E-state index contributed by atoms with van der Waals surface area (Å²) in [5, 5.41) is 37.4. The minimum Gasteiger partial charge on any atom is -0.480 e. The Balaban J connectivity index is 2.50. The van der Waals surface area contributed by atoms with Gasteiger partial charge in [0.1, 0.15) is 29.4 Å². The summed E-state index contributed by atoms with van der Waals surface area (Å²) in [4.78, 5) is 2.12. The molecule has 0 fully saturated rings. The van der Waals surface area contributed by atoms with Crippen LogP contribution in [-0.4, -0.2) is 30.4 Å². The fraction of sp³-hybridized carbons (Fsp3) is 0.409. The van der Waals surface area contributed by atoms with Gasteiger partial charge in [0.15, 0.2) is 11.3 Å². The lowest BCUT2D eigenvalue weighted by Gasteiger charge is -2.25. The molecule has 144 valence electrons. The van der Waals surface area contributed by atoms with E-state index in [0.29, 0.717) is 12.1 Å². The van der Waals surface area contributed by atoms with Gasteiger partial charge in [-0.25, -0.2) is 0 Å². The monoisotopic (exact) mass is 376 g/mol. The van der Waals surface area contributed by atoms with E-state index in [1.165, 1.54) is 0 Å². The standard InChI is InChI=1S/C22H24N4O2/c1-4-5-10-26(11-12-27)18-8-6-16(7-9-18)20-19(15-25)21(17(13-23)14-24)28-22(20,2)3/h6-9,27H,4-5,10-12H2,1-3H3. The molecule has 0 radical (unpaired) electrons. The highest BCUT2D eigenvalue weighted by atomic mass is 16.5. The van der Waals surface area contributed by atoms with E-state index in [4.69, 9.17) is 4.74 Å². The van der Waals surface area contributed by atoms with Crippen LogP contribution in [0, 0.1) is 34.0 Å². The molecule has 1 aliphatic heterocycles. The van der Waals surface area contributed by atoms with Crippen LogP contribution < -0.4 is 4.90 Å². The molecule has 1 heterocycles. The summed E-state index contributed by atoms with van der Waals surface area (Å²) in [7, 11) is 0. The van der Waals surface area contributed by atoms with Gasteiger partial charge in [0.05, 0.1) is 6.61 Å². The summed E-state index contributed by atoms with van der Waals surface area (Å²) in [6.07, 6.45) is 2.10. The first kappa shape index (κ1) is 21.0. The van der Waals surface area contributed by atoms with Crippen molar-refractivity contribution < 1.29 is 9.84 Å². The molecule has 1 aromatic rings. The summed E-state index contributed by atoms with van der Waals surface area (Å²) in [6, 6.07) is 13.4. The third-order valence-electron chi connectivity index (χ3n) is 4.67. The van der Waals surface area contributed by atoms with E-state index in [9.17, 15) is 20.9 Å². The van der Waals surface area contributed by atoms with Crippen LogP contribution >= 0.6 is 0 Å². The topological polar surface area (TPSA) is 104 Å². The second kappa shape index (κ2) is 9.09. The highest BCUT2D eigenvalue weighted by Gasteiger charge is 2.40. The smallest absolute Gasteiger partial charge is 0.172 e. The van der Waals surface area contributed by atoms with E-state index in [1.54, 1.807) is 12.1 Å². The maximum atomic E-state index is 9.67. The Bertz CT molecular complexity index is 890. The third kappa shape index (κ3) is 4.17. The molecular weight excluding hydrogens is 352 g/mol. The number of ether oxygens (including phenoxy) is 1. The molecule has 0 bridgehead atoms. The van der Waals surface area contributed by atoms with Gasteiger partial charge in [-0.1, -0.05) is 25.5 Å². The zero-order valence-corrected chi connectivity index (χ0v) is 16.5. The quantitative estimate of drug-likeness (QED) is 0.728. The first-order valence-corrected chi connectivity index (χ1v) is 9.28. The molecule has 0 unspecified atom stereocenters. The van der Waals surface area contributed by atoms with Crippen molar-refractivity contribution in [3.8, 4) is 18.2 Å². The summed E-state index contributed by atoms with van der Waals surface area (Å²) >= 11 is 0. The molecule has 0 spiro atoms. The van der Waals surface area contributed by atoms with E-state index in [-0.39, 0.29) is 23.5 Å². The van der Waals surface area contributed by atoms with E-state index in [1.807, 2.05) is 38.1 Å². The Kier molecular flexibility index (Phi) is 6.83. The van der Waals surface area contributed by atoms with Gasteiger partial charge in [0.25, 0.3) is 0 Å². The van der Waals surface area contributed by atoms with Crippen molar-refractivity contribution in [2.75, 3.05) is 24.6 Å². The number of unbranched alkanes of at least 4 members (excludes halogenated alkanes) is 1. The Morgan fingerprint density at radius 3 is 2.25 bits per heavy atom. The van der Waals surface area contributed by atoms with E-state index < -0.39 is 5.60 Å². The van der Waals surface area contributed by atoms with Crippen LogP contribution in [0.4, 0.5) is 5.69 Å². The number of hydrogen-bond acceptors (Lipinski definition) is 6. The van der Waals surface area contributed by atoms with Crippen LogP contribution in [0.15, 0.2) is 41.2 Å². The van der Waals surface area contributed by atoms with E-state index in [0.717, 1.165) is 30.6 Å². The van der Waals surface area contributed by atoms with Crippen molar-refractivity contribution in [2.45, 2.75) is 39.2 Å². The minimum absolute atomic E-state index is 0.0430. The SMILES string of the molecule is CCCCN(CCO)c1ccc(C2=C(C#N)C(=C(C#N)C#N)OC2(C)C)cc1. The van der Waals surface area contributed by atoms with Gasteiger partial charge in [-0.05, 0) is 38.0 Å². The summed E-state index contributed by atoms with van der Waals surface area (Å²) in [6.45, 7) is 7.24. The third-order valence-corrected chi connectivity index (χ3v) is 4.67.